The molecular weight excluding hydrogens is 478 g/mol. The summed E-state index contributed by atoms with van der Waals surface area (Å²) in [6, 6.07) is 10.9. The van der Waals surface area contributed by atoms with Crippen molar-refractivity contribution < 1.29 is 37.0 Å². The Labute approximate surface area is 204 Å². The first kappa shape index (κ1) is 25.0. The molecular formula is C27H21F4NO4. The third kappa shape index (κ3) is 4.21. The van der Waals surface area contributed by atoms with Crippen molar-refractivity contribution in [3.63, 3.8) is 0 Å². The minimum atomic E-state index is -4.72. The lowest BCUT2D eigenvalue weighted by Crippen LogP contribution is -2.30. The molecule has 0 aliphatic carbocycles. The van der Waals surface area contributed by atoms with E-state index in [4.69, 9.17) is 4.74 Å². The number of carbonyl (C=O) groups is 2. The van der Waals surface area contributed by atoms with Crippen molar-refractivity contribution in [3.8, 4) is 5.75 Å². The normalized spacial score (nSPS) is 17.5. The molecule has 1 amide bonds. The standard InChI is InChI=1S/C27H21F4NO4/c1-14-11-15(2)25(36-3)19(12-14)23(33)21-22(18-9-4-5-10-20(18)28)32(26(35)24(21)34)17-8-6-7-16(13-17)27(29,30)31/h4-13,22,33H,1-3H3/b23-21+. The van der Waals surface area contributed by atoms with Crippen molar-refractivity contribution in [1.82, 2.24) is 0 Å². The maximum Gasteiger partial charge on any atom is 0.416 e. The van der Waals surface area contributed by atoms with Crippen LogP contribution >= 0.6 is 0 Å². The zero-order valence-corrected chi connectivity index (χ0v) is 19.5. The lowest BCUT2D eigenvalue weighted by molar-refractivity contribution is -0.137. The molecule has 0 bridgehead atoms. The van der Waals surface area contributed by atoms with Crippen molar-refractivity contribution >= 4 is 23.1 Å². The second-order valence-electron chi connectivity index (χ2n) is 8.40. The highest BCUT2D eigenvalue weighted by molar-refractivity contribution is 6.51. The van der Waals surface area contributed by atoms with E-state index in [0.29, 0.717) is 17.2 Å². The molecule has 1 fully saturated rings. The number of methoxy groups -OCH3 is 1. The van der Waals surface area contributed by atoms with Gasteiger partial charge in [-0.3, -0.25) is 14.5 Å². The Morgan fingerprint density at radius 3 is 2.33 bits per heavy atom. The predicted octanol–water partition coefficient (Wildman–Crippen LogP) is 6.10. The van der Waals surface area contributed by atoms with E-state index in [2.05, 4.69) is 0 Å². The summed E-state index contributed by atoms with van der Waals surface area (Å²) in [7, 11) is 1.37. The van der Waals surface area contributed by atoms with Crippen LogP contribution in [0, 0.1) is 19.7 Å². The number of rotatable bonds is 4. The van der Waals surface area contributed by atoms with Crippen LogP contribution in [0.5, 0.6) is 5.75 Å². The fraction of sp³-hybridized carbons (Fsp3) is 0.185. The van der Waals surface area contributed by atoms with E-state index in [1.165, 1.54) is 37.4 Å². The van der Waals surface area contributed by atoms with Crippen LogP contribution in [0.2, 0.25) is 0 Å². The number of anilines is 1. The summed E-state index contributed by atoms with van der Waals surface area (Å²) in [4.78, 5) is 27.2. The number of benzene rings is 3. The number of halogens is 4. The topological polar surface area (TPSA) is 66.8 Å². The molecule has 1 unspecified atom stereocenters. The SMILES string of the molecule is COc1c(C)cc(C)cc1/C(O)=C1\C(=O)C(=O)N(c2cccc(C(F)(F)F)c2)C1c1ccccc1F. The number of aliphatic hydroxyl groups excluding tert-OH is 1. The summed E-state index contributed by atoms with van der Waals surface area (Å²) < 4.78 is 60.6. The number of ketones is 1. The van der Waals surface area contributed by atoms with Crippen molar-refractivity contribution in [2.24, 2.45) is 0 Å². The van der Waals surface area contributed by atoms with Crippen LogP contribution in [-0.2, 0) is 15.8 Å². The highest BCUT2D eigenvalue weighted by Gasteiger charge is 2.48. The first-order chi connectivity index (χ1) is 17.0. The third-order valence-electron chi connectivity index (χ3n) is 5.97. The molecule has 36 heavy (non-hydrogen) atoms. The molecule has 9 heteroatoms. The highest BCUT2D eigenvalue weighted by atomic mass is 19.4. The molecule has 0 spiro atoms. The van der Waals surface area contributed by atoms with Crippen LogP contribution in [0.1, 0.15) is 33.9 Å². The number of alkyl halides is 3. The van der Waals surface area contributed by atoms with Gasteiger partial charge in [0.25, 0.3) is 11.7 Å². The summed E-state index contributed by atoms with van der Waals surface area (Å²) in [5, 5.41) is 11.3. The van der Waals surface area contributed by atoms with Crippen molar-refractivity contribution in [2.45, 2.75) is 26.1 Å². The lowest BCUT2D eigenvalue weighted by Gasteiger charge is -2.26. The summed E-state index contributed by atoms with van der Waals surface area (Å²) in [6.45, 7) is 3.47. The van der Waals surface area contributed by atoms with Gasteiger partial charge < -0.3 is 9.84 Å². The maximum absolute atomic E-state index is 15.0. The van der Waals surface area contributed by atoms with Crippen LogP contribution in [0.4, 0.5) is 23.2 Å². The molecule has 1 aliphatic heterocycles. The van der Waals surface area contributed by atoms with Gasteiger partial charge in [0.15, 0.2) is 0 Å². The first-order valence-electron chi connectivity index (χ1n) is 10.8. The smallest absolute Gasteiger partial charge is 0.416 e. The average Bonchev–Trinajstić information content (AvgIpc) is 3.08. The molecule has 1 aliphatic rings. The molecule has 3 aromatic carbocycles. The fourth-order valence-electron chi connectivity index (χ4n) is 4.47. The summed E-state index contributed by atoms with van der Waals surface area (Å²) in [5.74, 6) is -3.57. The molecule has 4 rings (SSSR count). The second-order valence-corrected chi connectivity index (χ2v) is 8.40. The Morgan fingerprint density at radius 2 is 1.69 bits per heavy atom. The Kier molecular flexibility index (Phi) is 6.34. The van der Waals surface area contributed by atoms with E-state index in [1.54, 1.807) is 19.9 Å². The van der Waals surface area contributed by atoms with Gasteiger partial charge in [-0.2, -0.15) is 13.2 Å². The van der Waals surface area contributed by atoms with E-state index in [0.717, 1.165) is 23.1 Å². The Morgan fingerprint density at radius 1 is 1.00 bits per heavy atom. The molecule has 1 atom stereocenters. The molecule has 1 N–H and O–H groups in total. The molecule has 3 aromatic rings. The first-order valence-corrected chi connectivity index (χ1v) is 10.8. The van der Waals surface area contributed by atoms with Crippen molar-refractivity contribution in [3.05, 3.63) is 99.9 Å². The monoisotopic (exact) mass is 499 g/mol. The van der Waals surface area contributed by atoms with E-state index >= 15 is 4.39 Å². The van der Waals surface area contributed by atoms with Gasteiger partial charge in [0, 0.05) is 11.3 Å². The molecule has 5 nitrogen and oxygen atoms in total. The average molecular weight is 499 g/mol. The van der Waals surface area contributed by atoms with Crippen LogP contribution in [0.15, 0.2) is 66.2 Å². The largest absolute Gasteiger partial charge is 0.507 e. The van der Waals surface area contributed by atoms with Gasteiger partial charge in [-0.15, -0.1) is 0 Å². The molecule has 1 saturated heterocycles. The number of ether oxygens (including phenoxy) is 1. The molecule has 1 heterocycles. The van der Waals surface area contributed by atoms with Crippen LogP contribution in [0.3, 0.4) is 0 Å². The van der Waals surface area contributed by atoms with Crippen LogP contribution < -0.4 is 9.64 Å². The van der Waals surface area contributed by atoms with Gasteiger partial charge in [-0.1, -0.05) is 30.3 Å². The van der Waals surface area contributed by atoms with Crippen LogP contribution in [-0.4, -0.2) is 23.9 Å². The number of aryl methyl sites for hydroxylation is 2. The molecule has 186 valence electrons. The van der Waals surface area contributed by atoms with Crippen LogP contribution in [0.25, 0.3) is 5.76 Å². The van der Waals surface area contributed by atoms with Gasteiger partial charge in [0.1, 0.15) is 17.3 Å². The zero-order chi connectivity index (χ0) is 26.4. The minimum Gasteiger partial charge on any atom is -0.507 e. The Balaban J connectivity index is 2.03. The summed E-state index contributed by atoms with van der Waals surface area (Å²) in [5.41, 5.74) is -0.516. The van der Waals surface area contributed by atoms with Gasteiger partial charge in [-0.25, -0.2) is 4.39 Å². The van der Waals surface area contributed by atoms with Crippen molar-refractivity contribution in [2.75, 3.05) is 12.0 Å². The van der Waals surface area contributed by atoms with Gasteiger partial charge in [-0.05, 0) is 55.3 Å². The molecule has 0 radical (unpaired) electrons. The maximum atomic E-state index is 15.0. The highest BCUT2D eigenvalue weighted by Crippen LogP contribution is 2.45. The molecule has 0 aromatic heterocycles. The van der Waals surface area contributed by atoms with E-state index in [9.17, 15) is 27.9 Å². The lowest BCUT2D eigenvalue weighted by atomic mass is 9.93. The number of amides is 1. The van der Waals surface area contributed by atoms with Gasteiger partial charge in [0.2, 0.25) is 0 Å². The minimum absolute atomic E-state index is 0.0957. The number of Topliss-reactive ketones (excluding diaryl/α,β-unsaturated/α-hetero) is 1. The predicted molar refractivity (Wildman–Crippen MR) is 125 cm³/mol. The number of nitrogens with zero attached hydrogens (tertiary/aromatic N) is 1. The zero-order valence-electron chi connectivity index (χ0n) is 19.5. The number of hydrogen-bond donors (Lipinski definition) is 1. The number of carbonyl (C=O) groups excluding carboxylic acids is 2. The van der Waals surface area contributed by atoms with Gasteiger partial charge in [0.05, 0.1) is 29.9 Å². The van der Waals surface area contributed by atoms with E-state index in [-0.39, 0.29) is 22.6 Å². The summed E-state index contributed by atoms with van der Waals surface area (Å²) in [6.07, 6.45) is -4.72. The molecule has 0 saturated carbocycles. The quantitative estimate of drug-likeness (QED) is 0.204. The van der Waals surface area contributed by atoms with Gasteiger partial charge >= 0.3 is 6.18 Å². The van der Waals surface area contributed by atoms with E-state index in [1.807, 2.05) is 0 Å². The fourth-order valence-corrected chi connectivity index (χ4v) is 4.47. The second kappa shape index (κ2) is 9.14. The number of hydrogen-bond acceptors (Lipinski definition) is 4. The Hall–Kier alpha value is -4.14. The number of aliphatic hydroxyl groups is 1. The Bertz CT molecular complexity index is 1410. The summed E-state index contributed by atoms with van der Waals surface area (Å²) >= 11 is 0. The van der Waals surface area contributed by atoms with Crippen molar-refractivity contribution in [1.29, 1.82) is 0 Å². The third-order valence-corrected chi connectivity index (χ3v) is 5.97. The van der Waals surface area contributed by atoms with E-state index < -0.39 is 46.6 Å².